The Bertz CT molecular complexity index is 519. The van der Waals surface area contributed by atoms with Crippen molar-refractivity contribution in [2.45, 2.75) is 40.0 Å². The predicted molar refractivity (Wildman–Crippen MR) is 79.2 cm³/mol. The van der Waals surface area contributed by atoms with Gasteiger partial charge in [-0.2, -0.15) is 0 Å². The Morgan fingerprint density at radius 2 is 2.05 bits per heavy atom. The number of carboxylic acids is 1. The number of aliphatic carboxylic acids is 1. The van der Waals surface area contributed by atoms with E-state index in [1.165, 1.54) is 5.56 Å². The van der Waals surface area contributed by atoms with E-state index in [4.69, 9.17) is 4.74 Å². The topological polar surface area (TPSA) is 46.5 Å². The normalized spacial score (nSPS) is 28.4. The maximum atomic E-state index is 11.5. The third-order valence-electron chi connectivity index (χ3n) is 5.25. The molecule has 110 valence electrons. The molecule has 0 radical (unpaired) electrons. The monoisotopic (exact) mass is 276 g/mol. The van der Waals surface area contributed by atoms with Gasteiger partial charge in [0.25, 0.3) is 0 Å². The van der Waals surface area contributed by atoms with E-state index in [0.717, 1.165) is 11.3 Å². The van der Waals surface area contributed by atoms with Gasteiger partial charge in [0.2, 0.25) is 0 Å². The highest BCUT2D eigenvalue weighted by Crippen LogP contribution is 2.55. The fourth-order valence-corrected chi connectivity index (χ4v) is 3.56. The first-order valence-electron chi connectivity index (χ1n) is 7.16. The molecule has 1 aromatic carbocycles. The van der Waals surface area contributed by atoms with Crippen LogP contribution < -0.4 is 4.74 Å². The van der Waals surface area contributed by atoms with Crippen LogP contribution in [0.2, 0.25) is 0 Å². The summed E-state index contributed by atoms with van der Waals surface area (Å²) in [4.78, 5) is 11.5. The maximum absolute atomic E-state index is 11.5. The van der Waals surface area contributed by atoms with Gasteiger partial charge in [-0.15, -0.1) is 0 Å². The van der Waals surface area contributed by atoms with Crippen molar-refractivity contribution in [1.82, 2.24) is 0 Å². The van der Waals surface area contributed by atoms with Gasteiger partial charge >= 0.3 is 5.97 Å². The number of ether oxygens (including phenoxy) is 1. The van der Waals surface area contributed by atoms with E-state index in [2.05, 4.69) is 33.8 Å². The molecule has 0 unspecified atom stereocenters. The number of rotatable bonds is 3. The third-order valence-corrected chi connectivity index (χ3v) is 5.25. The lowest BCUT2D eigenvalue weighted by molar-refractivity contribution is -0.145. The molecular formula is C17H24O3. The van der Waals surface area contributed by atoms with Crippen LogP contribution in [0.5, 0.6) is 5.75 Å². The first-order chi connectivity index (χ1) is 9.28. The van der Waals surface area contributed by atoms with Crippen molar-refractivity contribution in [3.8, 4) is 5.75 Å². The first-order valence-corrected chi connectivity index (χ1v) is 7.16. The molecule has 2 rings (SSSR count). The van der Waals surface area contributed by atoms with Crippen molar-refractivity contribution in [2.75, 3.05) is 7.11 Å². The van der Waals surface area contributed by atoms with E-state index in [1.807, 2.05) is 12.1 Å². The highest BCUT2D eigenvalue weighted by Gasteiger charge is 2.50. The predicted octanol–water partition coefficient (Wildman–Crippen LogP) is 3.85. The minimum absolute atomic E-state index is 0.203. The number of carbonyl (C=O) groups is 1. The Kier molecular flexibility index (Phi) is 3.81. The Labute approximate surface area is 121 Å². The molecule has 0 amide bonds. The van der Waals surface area contributed by atoms with Crippen LogP contribution in [0.3, 0.4) is 0 Å². The average molecular weight is 276 g/mol. The van der Waals surface area contributed by atoms with Crippen LogP contribution in [0.4, 0.5) is 0 Å². The zero-order chi connectivity index (χ0) is 15.1. The van der Waals surface area contributed by atoms with Crippen LogP contribution in [0, 0.1) is 24.2 Å². The van der Waals surface area contributed by atoms with Crippen LogP contribution in [0.1, 0.15) is 44.2 Å². The molecule has 0 heterocycles. The van der Waals surface area contributed by atoms with E-state index in [0.29, 0.717) is 12.3 Å². The molecule has 0 aromatic heterocycles. The third kappa shape index (κ3) is 2.30. The van der Waals surface area contributed by atoms with Crippen molar-refractivity contribution in [3.05, 3.63) is 29.3 Å². The molecule has 0 saturated heterocycles. The van der Waals surface area contributed by atoms with E-state index >= 15 is 0 Å². The maximum Gasteiger partial charge on any atom is 0.307 e. The van der Waals surface area contributed by atoms with Crippen molar-refractivity contribution in [3.63, 3.8) is 0 Å². The summed E-state index contributed by atoms with van der Waals surface area (Å²) < 4.78 is 5.48. The second-order valence-electron chi connectivity index (χ2n) is 6.59. The second kappa shape index (κ2) is 5.12. The van der Waals surface area contributed by atoms with Gasteiger partial charge in [0, 0.05) is 0 Å². The second-order valence-corrected chi connectivity index (χ2v) is 6.59. The Morgan fingerprint density at radius 3 is 2.55 bits per heavy atom. The smallest absolute Gasteiger partial charge is 0.307 e. The molecule has 1 aromatic rings. The molecule has 3 heteroatoms. The van der Waals surface area contributed by atoms with Crippen LogP contribution in [-0.2, 0) is 4.79 Å². The molecule has 1 fully saturated rings. The SMILES string of the molecule is COc1ccc(C)cc1[C@@H]1C[C@@H](C(=O)O)C(C)(C)[C@H]1C. The van der Waals surface area contributed by atoms with E-state index in [-0.39, 0.29) is 17.3 Å². The minimum Gasteiger partial charge on any atom is -0.496 e. The lowest BCUT2D eigenvalue weighted by atomic mass is 9.74. The highest BCUT2D eigenvalue weighted by molar-refractivity contribution is 5.72. The van der Waals surface area contributed by atoms with Crippen LogP contribution in [0.15, 0.2) is 18.2 Å². The number of carboxylic acid groups (broad SMARTS) is 1. The molecule has 0 bridgehead atoms. The van der Waals surface area contributed by atoms with Crippen LogP contribution >= 0.6 is 0 Å². The molecular weight excluding hydrogens is 252 g/mol. The summed E-state index contributed by atoms with van der Waals surface area (Å²) in [7, 11) is 1.67. The van der Waals surface area contributed by atoms with E-state index in [1.54, 1.807) is 7.11 Å². The van der Waals surface area contributed by atoms with Gasteiger partial charge in [0.05, 0.1) is 13.0 Å². The van der Waals surface area contributed by atoms with Crippen LogP contribution in [-0.4, -0.2) is 18.2 Å². The van der Waals surface area contributed by atoms with Crippen molar-refractivity contribution in [2.24, 2.45) is 17.3 Å². The summed E-state index contributed by atoms with van der Waals surface area (Å²) in [6.45, 7) is 8.36. The van der Waals surface area contributed by atoms with Gasteiger partial charge in [-0.1, -0.05) is 38.5 Å². The summed E-state index contributed by atoms with van der Waals surface area (Å²) in [6.07, 6.45) is 0.684. The lowest BCUT2D eigenvalue weighted by Crippen LogP contribution is -2.29. The number of hydrogen-bond donors (Lipinski definition) is 1. The highest BCUT2D eigenvalue weighted by atomic mass is 16.5. The van der Waals surface area contributed by atoms with E-state index < -0.39 is 5.97 Å². The Balaban J connectivity index is 2.44. The summed E-state index contributed by atoms with van der Waals surface area (Å²) in [6, 6.07) is 6.15. The molecule has 0 aliphatic heterocycles. The fourth-order valence-electron chi connectivity index (χ4n) is 3.56. The molecule has 0 spiro atoms. The average Bonchev–Trinajstić information content (AvgIpc) is 2.61. The van der Waals surface area contributed by atoms with Gasteiger partial charge in [-0.05, 0) is 42.2 Å². The van der Waals surface area contributed by atoms with Crippen molar-refractivity contribution < 1.29 is 14.6 Å². The standard InChI is InChI=1S/C17H24O3/c1-10-6-7-15(20-5)13(8-10)12-9-14(16(18)19)17(3,4)11(12)2/h6-8,11-12,14H,9H2,1-5H3,(H,18,19)/t11-,12+,14-/m0/s1. The largest absolute Gasteiger partial charge is 0.496 e. The Morgan fingerprint density at radius 1 is 1.40 bits per heavy atom. The Hall–Kier alpha value is -1.51. The van der Waals surface area contributed by atoms with Gasteiger partial charge < -0.3 is 9.84 Å². The number of benzene rings is 1. The molecule has 1 N–H and O–H groups in total. The van der Waals surface area contributed by atoms with Crippen molar-refractivity contribution >= 4 is 5.97 Å². The number of aryl methyl sites for hydroxylation is 1. The van der Waals surface area contributed by atoms with Gasteiger partial charge in [0.15, 0.2) is 0 Å². The fraction of sp³-hybridized carbons (Fsp3) is 0.588. The quantitative estimate of drug-likeness (QED) is 0.912. The lowest BCUT2D eigenvalue weighted by Gasteiger charge is -2.30. The van der Waals surface area contributed by atoms with Crippen LogP contribution in [0.25, 0.3) is 0 Å². The molecule has 3 nitrogen and oxygen atoms in total. The number of hydrogen-bond acceptors (Lipinski definition) is 2. The molecule has 1 aliphatic carbocycles. The van der Waals surface area contributed by atoms with Gasteiger partial charge in [-0.25, -0.2) is 0 Å². The van der Waals surface area contributed by atoms with Crippen molar-refractivity contribution in [1.29, 1.82) is 0 Å². The molecule has 1 aliphatic rings. The van der Waals surface area contributed by atoms with Gasteiger partial charge in [0.1, 0.15) is 5.75 Å². The summed E-state index contributed by atoms with van der Waals surface area (Å²) in [5, 5.41) is 9.48. The minimum atomic E-state index is -0.684. The van der Waals surface area contributed by atoms with Gasteiger partial charge in [-0.3, -0.25) is 4.79 Å². The summed E-state index contributed by atoms with van der Waals surface area (Å²) >= 11 is 0. The van der Waals surface area contributed by atoms with E-state index in [9.17, 15) is 9.90 Å². The number of methoxy groups -OCH3 is 1. The molecule has 20 heavy (non-hydrogen) atoms. The molecule has 1 saturated carbocycles. The molecule has 3 atom stereocenters. The zero-order valence-corrected chi connectivity index (χ0v) is 12.9. The zero-order valence-electron chi connectivity index (χ0n) is 12.9. The first kappa shape index (κ1) is 14.9. The summed E-state index contributed by atoms with van der Waals surface area (Å²) in [5.41, 5.74) is 2.13. The summed E-state index contributed by atoms with van der Waals surface area (Å²) in [5.74, 6) is 0.429.